The maximum Gasteiger partial charge on any atom is 0.336 e. The van der Waals surface area contributed by atoms with Crippen LogP contribution in [0.15, 0.2) is 18.5 Å². The van der Waals surface area contributed by atoms with E-state index < -0.39 is 4.92 Å². The van der Waals surface area contributed by atoms with E-state index in [4.69, 9.17) is 0 Å². The number of aryl methyl sites for hydroxylation is 2. The molecule has 0 N–H and O–H groups in total. The summed E-state index contributed by atoms with van der Waals surface area (Å²) < 4.78 is 3.03. The predicted molar refractivity (Wildman–Crippen MR) is 56.4 cm³/mol. The fourth-order valence-electron chi connectivity index (χ4n) is 1.61. The van der Waals surface area contributed by atoms with Crippen LogP contribution in [0.3, 0.4) is 0 Å². The van der Waals surface area contributed by atoms with Gasteiger partial charge in [0.25, 0.3) is 0 Å². The highest BCUT2D eigenvalue weighted by Crippen LogP contribution is 2.25. The number of hydrogen-bond acceptors (Lipinski definition) is 4. The predicted octanol–water partition coefficient (Wildman–Crippen LogP) is 1.31. The van der Waals surface area contributed by atoms with Crippen LogP contribution in [0.4, 0.5) is 5.69 Å². The Kier molecular flexibility index (Phi) is 2.43. The van der Waals surface area contributed by atoms with Gasteiger partial charge < -0.3 is 0 Å². The van der Waals surface area contributed by atoms with Gasteiger partial charge in [-0.2, -0.15) is 10.2 Å². The van der Waals surface area contributed by atoms with E-state index in [1.807, 2.05) is 6.92 Å². The van der Waals surface area contributed by atoms with E-state index in [1.165, 1.54) is 4.68 Å². The fraction of sp³-hybridized carbons (Fsp3) is 0.333. The lowest BCUT2D eigenvalue weighted by Gasteiger charge is -2.02. The molecule has 0 aromatic carbocycles. The highest BCUT2D eigenvalue weighted by molar-refractivity contribution is 5.50. The zero-order chi connectivity index (χ0) is 11.7. The molecule has 2 aromatic heterocycles. The molecule has 7 nitrogen and oxygen atoms in total. The van der Waals surface area contributed by atoms with Crippen molar-refractivity contribution in [3.05, 3.63) is 34.3 Å². The molecular formula is C9H11N5O2. The minimum Gasteiger partial charge on any atom is -0.258 e. The van der Waals surface area contributed by atoms with Crippen LogP contribution in [-0.2, 0) is 6.54 Å². The summed E-state index contributed by atoms with van der Waals surface area (Å²) in [6.07, 6.45) is 3.24. The van der Waals surface area contributed by atoms with Gasteiger partial charge in [0.2, 0.25) is 5.82 Å². The Balaban J connectivity index is 2.70. The number of nitrogens with zero attached hydrogens (tertiary/aromatic N) is 5. The second kappa shape index (κ2) is 3.76. The lowest BCUT2D eigenvalue weighted by molar-refractivity contribution is -0.385. The molecular weight excluding hydrogens is 210 g/mol. The van der Waals surface area contributed by atoms with Gasteiger partial charge in [-0.1, -0.05) is 0 Å². The van der Waals surface area contributed by atoms with Crippen molar-refractivity contribution in [1.82, 2.24) is 19.6 Å². The van der Waals surface area contributed by atoms with Gasteiger partial charge in [-0.3, -0.25) is 10.1 Å². The van der Waals surface area contributed by atoms with Gasteiger partial charge >= 0.3 is 5.69 Å². The van der Waals surface area contributed by atoms with Gasteiger partial charge in [-0.05, 0) is 19.9 Å². The Hall–Kier alpha value is -2.18. The molecule has 0 aliphatic carbocycles. The number of nitro groups is 1. The summed E-state index contributed by atoms with van der Waals surface area (Å²) in [6, 6.07) is 1.71. The molecule has 2 aromatic rings. The highest BCUT2D eigenvalue weighted by Gasteiger charge is 2.26. The average molecular weight is 221 g/mol. The smallest absolute Gasteiger partial charge is 0.258 e. The number of aromatic nitrogens is 4. The standard InChI is InChI=1S/C9H11N5O2/c1-3-12-9(13-6-4-5-10-13)8(14(15)16)7(2)11-12/h4-6H,3H2,1-2H3. The molecule has 0 spiro atoms. The summed E-state index contributed by atoms with van der Waals surface area (Å²) in [5.41, 5.74) is 0.405. The van der Waals surface area contributed by atoms with Crippen LogP contribution in [0.25, 0.3) is 5.82 Å². The zero-order valence-electron chi connectivity index (χ0n) is 8.99. The van der Waals surface area contributed by atoms with Crippen molar-refractivity contribution < 1.29 is 4.92 Å². The van der Waals surface area contributed by atoms with Crippen LogP contribution in [0, 0.1) is 17.0 Å². The largest absolute Gasteiger partial charge is 0.336 e. The molecule has 84 valence electrons. The number of hydrogen-bond donors (Lipinski definition) is 0. The molecule has 2 heterocycles. The highest BCUT2D eigenvalue weighted by atomic mass is 16.6. The first-order valence-electron chi connectivity index (χ1n) is 4.87. The summed E-state index contributed by atoms with van der Waals surface area (Å²) >= 11 is 0. The van der Waals surface area contributed by atoms with Gasteiger partial charge in [-0.25, -0.2) is 9.36 Å². The molecule has 0 fully saturated rings. The summed E-state index contributed by atoms with van der Waals surface area (Å²) in [7, 11) is 0. The summed E-state index contributed by atoms with van der Waals surface area (Å²) in [5.74, 6) is 0.398. The second-order valence-corrected chi connectivity index (χ2v) is 3.28. The van der Waals surface area contributed by atoms with E-state index in [2.05, 4.69) is 10.2 Å². The molecule has 0 radical (unpaired) electrons. The van der Waals surface area contributed by atoms with Crippen molar-refractivity contribution >= 4 is 5.69 Å². The minimum atomic E-state index is -0.425. The third kappa shape index (κ3) is 1.46. The Morgan fingerprint density at radius 3 is 2.81 bits per heavy atom. The summed E-state index contributed by atoms with van der Waals surface area (Å²) in [6.45, 7) is 4.06. The van der Waals surface area contributed by atoms with Crippen molar-refractivity contribution in [2.45, 2.75) is 20.4 Å². The van der Waals surface area contributed by atoms with E-state index in [0.29, 0.717) is 18.1 Å². The van der Waals surface area contributed by atoms with E-state index in [-0.39, 0.29) is 5.69 Å². The maximum atomic E-state index is 11.0. The van der Waals surface area contributed by atoms with Crippen LogP contribution < -0.4 is 0 Å². The molecule has 0 aliphatic rings. The van der Waals surface area contributed by atoms with Gasteiger partial charge in [-0.15, -0.1) is 0 Å². The van der Waals surface area contributed by atoms with E-state index in [1.54, 1.807) is 30.1 Å². The summed E-state index contributed by atoms with van der Waals surface area (Å²) in [5, 5.41) is 19.1. The van der Waals surface area contributed by atoms with Crippen LogP contribution in [0.5, 0.6) is 0 Å². The maximum absolute atomic E-state index is 11.0. The minimum absolute atomic E-state index is 0.00514. The average Bonchev–Trinajstić information content (AvgIpc) is 2.82. The first-order valence-corrected chi connectivity index (χ1v) is 4.87. The van der Waals surface area contributed by atoms with E-state index in [0.717, 1.165) is 0 Å². The third-order valence-electron chi connectivity index (χ3n) is 2.27. The molecule has 2 rings (SSSR count). The SMILES string of the molecule is CCn1nc(C)c([N+](=O)[O-])c1-n1cccn1. The molecule has 0 atom stereocenters. The van der Waals surface area contributed by atoms with Crippen molar-refractivity contribution in [1.29, 1.82) is 0 Å². The molecule has 0 unspecified atom stereocenters. The number of rotatable bonds is 3. The molecule has 0 saturated heterocycles. The molecule has 0 amide bonds. The van der Waals surface area contributed by atoms with Crippen LogP contribution in [-0.4, -0.2) is 24.5 Å². The Morgan fingerprint density at radius 1 is 1.56 bits per heavy atom. The molecule has 0 saturated carbocycles. The first kappa shape index (κ1) is 10.3. The van der Waals surface area contributed by atoms with Crippen molar-refractivity contribution in [3.63, 3.8) is 0 Å². The topological polar surface area (TPSA) is 78.8 Å². The first-order chi connectivity index (χ1) is 7.65. The van der Waals surface area contributed by atoms with Crippen LogP contribution in [0.2, 0.25) is 0 Å². The zero-order valence-corrected chi connectivity index (χ0v) is 8.99. The Morgan fingerprint density at radius 2 is 2.31 bits per heavy atom. The quantitative estimate of drug-likeness (QED) is 0.578. The van der Waals surface area contributed by atoms with E-state index in [9.17, 15) is 10.1 Å². The lowest BCUT2D eigenvalue weighted by atomic mass is 10.4. The van der Waals surface area contributed by atoms with Crippen molar-refractivity contribution in [3.8, 4) is 5.82 Å². The second-order valence-electron chi connectivity index (χ2n) is 3.28. The molecule has 0 bridgehead atoms. The van der Waals surface area contributed by atoms with Crippen molar-refractivity contribution in [2.24, 2.45) is 0 Å². The Bertz CT molecular complexity index is 514. The molecule has 7 heteroatoms. The Labute approximate surface area is 91.5 Å². The van der Waals surface area contributed by atoms with Gasteiger partial charge in [0.05, 0.1) is 4.92 Å². The molecule has 16 heavy (non-hydrogen) atoms. The van der Waals surface area contributed by atoms with Gasteiger partial charge in [0.1, 0.15) is 5.69 Å². The third-order valence-corrected chi connectivity index (χ3v) is 2.27. The van der Waals surface area contributed by atoms with Crippen LogP contribution >= 0.6 is 0 Å². The van der Waals surface area contributed by atoms with E-state index >= 15 is 0 Å². The van der Waals surface area contributed by atoms with Crippen molar-refractivity contribution in [2.75, 3.05) is 0 Å². The fourth-order valence-corrected chi connectivity index (χ4v) is 1.61. The summed E-state index contributed by atoms with van der Waals surface area (Å²) in [4.78, 5) is 10.6. The lowest BCUT2D eigenvalue weighted by Crippen LogP contribution is -2.07. The molecule has 0 aliphatic heterocycles. The van der Waals surface area contributed by atoms with Gasteiger partial charge in [0.15, 0.2) is 0 Å². The normalized spacial score (nSPS) is 10.6. The monoisotopic (exact) mass is 221 g/mol. The van der Waals surface area contributed by atoms with Crippen LogP contribution in [0.1, 0.15) is 12.6 Å². The van der Waals surface area contributed by atoms with Gasteiger partial charge in [0, 0.05) is 18.9 Å².